The Morgan fingerprint density at radius 3 is 2.41 bits per heavy atom. The van der Waals surface area contributed by atoms with Gasteiger partial charge in [0.1, 0.15) is 18.2 Å². The standard InChI is InChI=1S/C15H20BF3N2O/c1-3-5-13(16)21-14(20-4-2)10-22-12-8-6-11(7-9-12)15(17,18)19/h6-9,13H,3-5,10H2,1-2H3,(H,20,21). The molecule has 7 heteroatoms. The van der Waals surface area contributed by atoms with Gasteiger partial charge in [0.25, 0.3) is 0 Å². The largest absolute Gasteiger partial charge is 0.486 e. The molecule has 1 aromatic rings. The predicted molar refractivity (Wildman–Crippen MR) is 82.5 cm³/mol. The first kappa shape index (κ1) is 18.4. The number of amidine groups is 1. The molecular formula is C15H20BF3N2O. The third kappa shape index (κ3) is 6.41. The fourth-order valence-electron chi connectivity index (χ4n) is 1.81. The molecule has 0 heterocycles. The maximum Gasteiger partial charge on any atom is 0.416 e. The summed E-state index contributed by atoms with van der Waals surface area (Å²) < 4.78 is 42.8. The Hall–Kier alpha value is -1.66. The lowest BCUT2D eigenvalue weighted by Crippen LogP contribution is -2.38. The second kappa shape index (κ2) is 8.71. The number of benzene rings is 1. The van der Waals surface area contributed by atoms with Crippen LogP contribution in [0.5, 0.6) is 5.75 Å². The van der Waals surface area contributed by atoms with Gasteiger partial charge in [-0.1, -0.05) is 13.3 Å². The van der Waals surface area contributed by atoms with Crippen molar-refractivity contribution in [3.8, 4) is 5.75 Å². The highest BCUT2D eigenvalue weighted by atomic mass is 19.4. The van der Waals surface area contributed by atoms with E-state index in [9.17, 15) is 13.2 Å². The zero-order chi connectivity index (χ0) is 16.6. The number of halogens is 3. The van der Waals surface area contributed by atoms with Crippen molar-refractivity contribution in [3.63, 3.8) is 0 Å². The molecule has 0 aliphatic heterocycles. The molecule has 1 aromatic carbocycles. The molecule has 0 saturated carbocycles. The molecule has 0 spiro atoms. The zero-order valence-corrected chi connectivity index (χ0v) is 12.8. The lowest BCUT2D eigenvalue weighted by atomic mass is 9.92. The number of nitrogens with one attached hydrogen (secondary N) is 1. The van der Waals surface area contributed by atoms with Crippen molar-refractivity contribution >= 4 is 13.7 Å². The van der Waals surface area contributed by atoms with Crippen molar-refractivity contribution in [2.24, 2.45) is 4.99 Å². The molecule has 0 fully saturated rings. The van der Waals surface area contributed by atoms with Gasteiger partial charge < -0.3 is 10.1 Å². The quantitative estimate of drug-likeness (QED) is 0.476. The van der Waals surface area contributed by atoms with Crippen molar-refractivity contribution in [1.29, 1.82) is 0 Å². The van der Waals surface area contributed by atoms with E-state index in [0.29, 0.717) is 18.1 Å². The first-order valence-electron chi connectivity index (χ1n) is 7.22. The van der Waals surface area contributed by atoms with Gasteiger partial charge in [0.2, 0.25) is 0 Å². The van der Waals surface area contributed by atoms with Crippen LogP contribution in [-0.2, 0) is 6.18 Å². The highest BCUT2D eigenvalue weighted by Crippen LogP contribution is 2.30. The Balaban J connectivity index is 2.60. The Bertz CT molecular complexity index is 475. The third-order valence-corrected chi connectivity index (χ3v) is 2.86. The van der Waals surface area contributed by atoms with Crippen LogP contribution in [0.4, 0.5) is 13.2 Å². The number of alkyl halides is 3. The van der Waals surface area contributed by atoms with Crippen LogP contribution < -0.4 is 10.1 Å². The Kier molecular flexibility index (Phi) is 7.28. The minimum Gasteiger partial charge on any atom is -0.486 e. The van der Waals surface area contributed by atoms with Crippen molar-refractivity contribution in [2.45, 2.75) is 38.8 Å². The number of ether oxygens (including phenoxy) is 1. The first-order valence-corrected chi connectivity index (χ1v) is 7.22. The molecule has 0 aliphatic rings. The van der Waals surface area contributed by atoms with Crippen LogP contribution in [0.1, 0.15) is 32.3 Å². The third-order valence-electron chi connectivity index (χ3n) is 2.86. The summed E-state index contributed by atoms with van der Waals surface area (Å²) in [5.41, 5.74) is -0.703. The topological polar surface area (TPSA) is 33.6 Å². The average molecular weight is 312 g/mol. The van der Waals surface area contributed by atoms with Crippen LogP contribution in [0.2, 0.25) is 0 Å². The van der Waals surface area contributed by atoms with E-state index < -0.39 is 11.7 Å². The molecule has 1 atom stereocenters. The fraction of sp³-hybridized carbons (Fsp3) is 0.533. The molecule has 120 valence electrons. The van der Waals surface area contributed by atoms with E-state index in [1.165, 1.54) is 12.1 Å². The molecule has 0 bridgehead atoms. The van der Waals surface area contributed by atoms with Gasteiger partial charge in [-0.2, -0.15) is 13.2 Å². The van der Waals surface area contributed by atoms with Crippen LogP contribution in [0.3, 0.4) is 0 Å². The molecule has 1 unspecified atom stereocenters. The normalized spacial score (nSPS) is 13.8. The maximum atomic E-state index is 12.5. The van der Waals surface area contributed by atoms with E-state index in [2.05, 4.69) is 10.3 Å². The smallest absolute Gasteiger partial charge is 0.416 e. The number of hydrogen-bond donors (Lipinski definition) is 1. The van der Waals surface area contributed by atoms with E-state index in [1.54, 1.807) is 0 Å². The van der Waals surface area contributed by atoms with Crippen LogP contribution in [0, 0.1) is 0 Å². The number of nitrogens with zero attached hydrogens (tertiary/aromatic N) is 1. The number of hydrogen-bond acceptors (Lipinski definition) is 2. The van der Waals surface area contributed by atoms with Crippen molar-refractivity contribution in [3.05, 3.63) is 29.8 Å². The zero-order valence-electron chi connectivity index (χ0n) is 12.8. The molecule has 0 aliphatic carbocycles. The Labute approximate surface area is 130 Å². The highest BCUT2D eigenvalue weighted by molar-refractivity contribution is 6.13. The summed E-state index contributed by atoms with van der Waals surface area (Å²) >= 11 is 0. The molecular weight excluding hydrogens is 292 g/mol. The summed E-state index contributed by atoms with van der Waals surface area (Å²) in [4.78, 5) is 4.24. The van der Waals surface area contributed by atoms with Gasteiger partial charge in [-0.05, 0) is 43.6 Å². The van der Waals surface area contributed by atoms with Gasteiger partial charge in [0.05, 0.1) is 13.4 Å². The van der Waals surface area contributed by atoms with Crippen LogP contribution >= 0.6 is 0 Å². The number of rotatable bonds is 7. The average Bonchev–Trinajstić information content (AvgIpc) is 2.45. The second-order valence-electron chi connectivity index (χ2n) is 4.77. The van der Waals surface area contributed by atoms with Gasteiger partial charge in [0, 0.05) is 6.54 Å². The van der Waals surface area contributed by atoms with Crippen molar-refractivity contribution in [2.75, 3.05) is 13.2 Å². The molecule has 22 heavy (non-hydrogen) atoms. The summed E-state index contributed by atoms with van der Waals surface area (Å²) in [6.07, 6.45) is -2.61. The summed E-state index contributed by atoms with van der Waals surface area (Å²) in [5.74, 6) is 0.720. The van der Waals surface area contributed by atoms with Crippen LogP contribution in [0.25, 0.3) is 0 Å². The molecule has 1 N–H and O–H groups in total. The van der Waals surface area contributed by atoms with Gasteiger partial charge in [-0.15, -0.1) is 0 Å². The van der Waals surface area contributed by atoms with E-state index in [4.69, 9.17) is 12.6 Å². The number of aliphatic imine (C=N–C) groups is 1. The molecule has 1 rings (SSSR count). The minimum atomic E-state index is -4.35. The van der Waals surface area contributed by atoms with Crippen molar-refractivity contribution < 1.29 is 17.9 Å². The molecule has 3 nitrogen and oxygen atoms in total. The van der Waals surface area contributed by atoms with Gasteiger partial charge in [0.15, 0.2) is 0 Å². The molecule has 0 amide bonds. The molecule has 0 saturated heterocycles. The first-order chi connectivity index (χ1) is 10.4. The summed E-state index contributed by atoms with van der Waals surface area (Å²) in [5, 5.41) is 3.05. The van der Waals surface area contributed by atoms with Gasteiger partial charge in [-0.25, -0.2) is 0 Å². The Morgan fingerprint density at radius 1 is 1.27 bits per heavy atom. The molecule has 2 radical (unpaired) electrons. The van der Waals surface area contributed by atoms with Gasteiger partial charge >= 0.3 is 6.18 Å². The highest BCUT2D eigenvalue weighted by Gasteiger charge is 2.30. The van der Waals surface area contributed by atoms with Crippen LogP contribution in [0.15, 0.2) is 29.3 Å². The van der Waals surface area contributed by atoms with Crippen molar-refractivity contribution in [1.82, 2.24) is 5.32 Å². The van der Waals surface area contributed by atoms with Gasteiger partial charge in [-0.3, -0.25) is 4.99 Å². The Morgan fingerprint density at radius 2 is 1.91 bits per heavy atom. The monoisotopic (exact) mass is 312 g/mol. The van der Waals surface area contributed by atoms with Crippen LogP contribution in [-0.4, -0.2) is 32.8 Å². The van der Waals surface area contributed by atoms with E-state index in [0.717, 1.165) is 25.0 Å². The lowest BCUT2D eigenvalue weighted by Gasteiger charge is -2.17. The maximum absolute atomic E-state index is 12.5. The fourth-order valence-corrected chi connectivity index (χ4v) is 1.81. The van der Waals surface area contributed by atoms with E-state index in [-0.39, 0.29) is 12.5 Å². The minimum absolute atomic E-state index is 0.136. The lowest BCUT2D eigenvalue weighted by molar-refractivity contribution is -0.137. The molecule has 0 aromatic heterocycles. The van der Waals surface area contributed by atoms with E-state index >= 15 is 0 Å². The summed E-state index contributed by atoms with van der Waals surface area (Å²) in [6.45, 7) is 4.61. The summed E-state index contributed by atoms with van der Waals surface area (Å²) in [7, 11) is 5.88. The second-order valence-corrected chi connectivity index (χ2v) is 4.77. The SMILES string of the molecule is [B]C(CCC)NC(COc1ccc(C(F)(F)F)cc1)=NCC. The summed E-state index contributed by atoms with van der Waals surface area (Å²) in [6, 6.07) is 4.56. The van der Waals surface area contributed by atoms with E-state index in [1.807, 2.05) is 13.8 Å². The predicted octanol–water partition coefficient (Wildman–Crippen LogP) is 3.39.